The molecule has 72 valence electrons. The molecule has 0 saturated carbocycles. The van der Waals surface area contributed by atoms with Crippen molar-refractivity contribution in [2.75, 3.05) is 0 Å². The highest BCUT2D eigenvalue weighted by Crippen LogP contribution is 2.20. The van der Waals surface area contributed by atoms with Gasteiger partial charge >= 0.3 is 0 Å². The standard InChI is InChI=1S/C8H12N2O2S/c1-6(9)7-2-4-8(5-3-7)13-12-11-10/h2-6H,9-10H2,1H3/t6-/m1/s1. The van der Waals surface area contributed by atoms with Crippen LogP contribution in [0.5, 0.6) is 0 Å². The lowest BCUT2D eigenvalue weighted by molar-refractivity contribution is -0.195. The monoisotopic (exact) mass is 200 g/mol. The molecule has 5 heteroatoms. The topological polar surface area (TPSA) is 70.5 Å². The Kier molecular flexibility index (Phi) is 4.20. The van der Waals surface area contributed by atoms with E-state index in [-0.39, 0.29) is 6.04 Å². The smallest absolute Gasteiger partial charge is 0.0702 e. The lowest BCUT2D eigenvalue weighted by Gasteiger charge is -2.05. The van der Waals surface area contributed by atoms with Crippen LogP contribution in [0.2, 0.25) is 0 Å². The molecule has 0 fully saturated rings. The van der Waals surface area contributed by atoms with E-state index in [0.717, 1.165) is 22.5 Å². The summed E-state index contributed by atoms with van der Waals surface area (Å²) in [5.74, 6) is 4.69. The van der Waals surface area contributed by atoms with Crippen molar-refractivity contribution < 1.29 is 9.32 Å². The van der Waals surface area contributed by atoms with Gasteiger partial charge in [0.15, 0.2) is 0 Å². The average Bonchev–Trinajstić information content (AvgIpc) is 2.15. The van der Waals surface area contributed by atoms with E-state index >= 15 is 0 Å². The first-order valence-corrected chi connectivity index (χ1v) is 4.54. The molecule has 4 nitrogen and oxygen atoms in total. The van der Waals surface area contributed by atoms with Gasteiger partial charge in [0.1, 0.15) is 0 Å². The van der Waals surface area contributed by atoms with Crippen LogP contribution in [-0.2, 0) is 9.32 Å². The fourth-order valence-electron chi connectivity index (χ4n) is 0.886. The van der Waals surface area contributed by atoms with E-state index in [0.29, 0.717) is 0 Å². The molecule has 0 aliphatic carbocycles. The lowest BCUT2D eigenvalue weighted by Crippen LogP contribution is -2.04. The van der Waals surface area contributed by atoms with Gasteiger partial charge in [-0.05, 0) is 24.6 Å². The summed E-state index contributed by atoms with van der Waals surface area (Å²) in [5.41, 5.74) is 6.76. The molecule has 13 heavy (non-hydrogen) atoms. The van der Waals surface area contributed by atoms with Gasteiger partial charge in [0.2, 0.25) is 0 Å². The summed E-state index contributed by atoms with van der Waals surface area (Å²) in [6, 6.07) is 7.70. The third kappa shape index (κ3) is 3.33. The van der Waals surface area contributed by atoms with Crippen LogP contribution in [0.1, 0.15) is 18.5 Å². The van der Waals surface area contributed by atoms with Gasteiger partial charge < -0.3 is 5.73 Å². The average molecular weight is 200 g/mol. The van der Waals surface area contributed by atoms with E-state index in [2.05, 4.69) is 9.32 Å². The Morgan fingerprint density at radius 3 is 2.38 bits per heavy atom. The predicted octanol–water partition coefficient (Wildman–Crippen LogP) is 1.54. The number of nitrogens with two attached hydrogens (primary N) is 2. The molecule has 1 aromatic carbocycles. The van der Waals surface area contributed by atoms with Crippen molar-refractivity contribution in [1.29, 1.82) is 0 Å². The molecule has 0 aliphatic heterocycles. The first kappa shape index (κ1) is 10.5. The van der Waals surface area contributed by atoms with Crippen LogP contribution >= 0.6 is 12.0 Å². The van der Waals surface area contributed by atoms with Crippen molar-refractivity contribution in [3.05, 3.63) is 29.8 Å². The molecule has 0 unspecified atom stereocenters. The molecule has 4 N–H and O–H groups in total. The summed E-state index contributed by atoms with van der Waals surface area (Å²) < 4.78 is 4.48. The summed E-state index contributed by atoms with van der Waals surface area (Å²) in [7, 11) is 0. The van der Waals surface area contributed by atoms with Crippen LogP contribution in [0.3, 0.4) is 0 Å². The quantitative estimate of drug-likeness (QED) is 0.438. The zero-order valence-electron chi connectivity index (χ0n) is 7.27. The maximum Gasteiger partial charge on any atom is 0.0702 e. The zero-order chi connectivity index (χ0) is 9.68. The first-order chi connectivity index (χ1) is 6.24. The van der Waals surface area contributed by atoms with E-state index < -0.39 is 0 Å². The Balaban J connectivity index is 2.59. The number of hydrogen-bond donors (Lipinski definition) is 2. The van der Waals surface area contributed by atoms with E-state index in [4.69, 9.17) is 11.6 Å². The van der Waals surface area contributed by atoms with Gasteiger partial charge in [0, 0.05) is 10.9 Å². The Morgan fingerprint density at radius 2 is 1.92 bits per heavy atom. The summed E-state index contributed by atoms with van der Waals surface area (Å²) in [6.45, 7) is 1.93. The Bertz CT molecular complexity index is 251. The molecule has 0 heterocycles. The molecule has 0 bridgehead atoms. The van der Waals surface area contributed by atoms with Gasteiger partial charge in [0.05, 0.1) is 12.0 Å². The van der Waals surface area contributed by atoms with Crippen molar-refractivity contribution in [2.45, 2.75) is 17.9 Å². The highest BCUT2D eigenvalue weighted by molar-refractivity contribution is 7.94. The Labute approximate surface area is 81.3 Å². The van der Waals surface area contributed by atoms with Gasteiger partial charge in [0.25, 0.3) is 0 Å². The van der Waals surface area contributed by atoms with E-state index in [1.165, 1.54) is 0 Å². The minimum absolute atomic E-state index is 0.0470. The molecular weight excluding hydrogens is 188 g/mol. The predicted molar refractivity (Wildman–Crippen MR) is 51.3 cm³/mol. The van der Waals surface area contributed by atoms with Crippen LogP contribution in [0.4, 0.5) is 0 Å². The molecule has 0 spiro atoms. The van der Waals surface area contributed by atoms with Crippen molar-refractivity contribution in [3.63, 3.8) is 0 Å². The highest BCUT2D eigenvalue weighted by atomic mass is 32.2. The third-order valence-corrected chi connectivity index (χ3v) is 2.19. The number of hydrogen-bond acceptors (Lipinski definition) is 5. The molecule has 0 saturated heterocycles. The second-order valence-corrected chi connectivity index (χ2v) is 3.38. The Morgan fingerprint density at radius 1 is 1.31 bits per heavy atom. The second kappa shape index (κ2) is 5.21. The molecule has 1 rings (SSSR count). The molecule has 1 aromatic rings. The van der Waals surface area contributed by atoms with E-state index in [9.17, 15) is 0 Å². The summed E-state index contributed by atoms with van der Waals surface area (Å²) >= 11 is 1.05. The molecule has 1 atom stereocenters. The summed E-state index contributed by atoms with van der Waals surface area (Å²) in [4.78, 5) is 4.87. The maximum absolute atomic E-state index is 5.68. The minimum Gasteiger partial charge on any atom is -0.324 e. The van der Waals surface area contributed by atoms with Crippen LogP contribution in [-0.4, -0.2) is 0 Å². The van der Waals surface area contributed by atoms with Crippen LogP contribution < -0.4 is 11.6 Å². The van der Waals surface area contributed by atoms with Gasteiger partial charge in [-0.15, -0.1) is 9.32 Å². The van der Waals surface area contributed by atoms with Crippen LogP contribution in [0.25, 0.3) is 0 Å². The summed E-state index contributed by atoms with van der Waals surface area (Å²) in [6.07, 6.45) is 0. The first-order valence-electron chi connectivity index (χ1n) is 3.79. The molecule has 0 aromatic heterocycles. The van der Waals surface area contributed by atoms with Gasteiger partial charge in [-0.2, -0.15) is 5.90 Å². The van der Waals surface area contributed by atoms with Gasteiger partial charge in [-0.3, -0.25) is 0 Å². The Hall–Kier alpha value is -0.590. The lowest BCUT2D eigenvalue weighted by atomic mass is 10.1. The van der Waals surface area contributed by atoms with Gasteiger partial charge in [-0.1, -0.05) is 12.1 Å². The second-order valence-electron chi connectivity index (χ2n) is 2.61. The van der Waals surface area contributed by atoms with Crippen molar-refractivity contribution in [2.24, 2.45) is 11.6 Å². The third-order valence-electron chi connectivity index (χ3n) is 1.58. The van der Waals surface area contributed by atoms with Gasteiger partial charge in [-0.25, -0.2) is 0 Å². The van der Waals surface area contributed by atoms with Crippen LogP contribution in [0.15, 0.2) is 29.2 Å². The minimum atomic E-state index is 0.0470. The number of benzene rings is 1. The molecule has 0 amide bonds. The zero-order valence-corrected chi connectivity index (χ0v) is 8.08. The maximum atomic E-state index is 5.68. The molecule has 0 radical (unpaired) electrons. The van der Waals surface area contributed by atoms with E-state index in [1.807, 2.05) is 31.2 Å². The highest BCUT2D eigenvalue weighted by Gasteiger charge is 1.99. The summed E-state index contributed by atoms with van der Waals surface area (Å²) in [5, 5.41) is 0. The molecular formula is C8H12N2O2S. The number of rotatable bonds is 4. The fraction of sp³-hybridized carbons (Fsp3) is 0.250. The van der Waals surface area contributed by atoms with Crippen molar-refractivity contribution >= 4 is 12.0 Å². The fourth-order valence-corrected chi connectivity index (χ4v) is 1.25. The SMILES string of the molecule is C[C@@H](N)c1ccc(SOON)cc1. The molecule has 0 aliphatic rings. The van der Waals surface area contributed by atoms with Crippen molar-refractivity contribution in [1.82, 2.24) is 0 Å². The van der Waals surface area contributed by atoms with E-state index in [1.54, 1.807) is 0 Å². The van der Waals surface area contributed by atoms with Crippen LogP contribution in [0, 0.1) is 0 Å². The normalized spacial score (nSPS) is 12.8. The largest absolute Gasteiger partial charge is 0.324 e. The van der Waals surface area contributed by atoms with Crippen molar-refractivity contribution in [3.8, 4) is 0 Å².